The van der Waals surface area contributed by atoms with Crippen molar-refractivity contribution in [3.05, 3.63) is 29.8 Å². The van der Waals surface area contributed by atoms with E-state index in [1.165, 1.54) is 24.3 Å². The Kier molecular flexibility index (Phi) is 6.98. The van der Waals surface area contributed by atoms with E-state index in [1.807, 2.05) is 0 Å². The fourth-order valence-corrected chi connectivity index (χ4v) is 5.45. The molecule has 1 heterocycles. The van der Waals surface area contributed by atoms with E-state index in [0.29, 0.717) is 31.1 Å². The number of carbonyl (C=O) groups excluding carboxylic acids is 1. The second kappa shape index (κ2) is 9.11. The molecule has 1 aromatic rings. The van der Waals surface area contributed by atoms with Crippen LogP contribution >= 0.6 is 0 Å². The average Bonchev–Trinajstić information content (AvgIpc) is 3.52. The van der Waals surface area contributed by atoms with Crippen molar-refractivity contribution in [3.8, 4) is 0 Å². The van der Waals surface area contributed by atoms with Gasteiger partial charge in [-0.05, 0) is 69.0 Å². The number of sulfone groups is 1. The van der Waals surface area contributed by atoms with Gasteiger partial charge in [-0.25, -0.2) is 21.6 Å². The van der Waals surface area contributed by atoms with Gasteiger partial charge in [0.2, 0.25) is 10.0 Å². The summed E-state index contributed by atoms with van der Waals surface area (Å²) in [7, 11) is -6.38. The van der Waals surface area contributed by atoms with Crippen molar-refractivity contribution >= 4 is 25.8 Å². The van der Waals surface area contributed by atoms with Gasteiger partial charge in [0.15, 0.2) is 9.84 Å². The lowest BCUT2D eigenvalue weighted by Gasteiger charge is -2.32. The smallest absolute Gasteiger partial charge is 0.251 e. The molecule has 1 saturated carbocycles. The molecule has 0 unspecified atom stereocenters. The van der Waals surface area contributed by atoms with Gasteiger partial charge in [0.25, 0.3) is 5.91 Å². The van der Waals surface area contributed by atoms with Crippen molar-refractivity contribution < 1.29 is 21.6 Å². The number of sulfonamides is 1. The molecule has 0 bridgehead atoms. The second-order valence-corrected chi connectivity index (χ2v) is 12.0. The van der Waals surface area contributed by atoms with E-state index >= 15 is 0 Å². The van der Waals surface area contributed by atoms with Gasteiger partial charge in [-0.1, -0.05) is 0 Å². The van der Waals surface area contributed by atoms with Crippen LogP contribution in [0.3, 0.4) is 0 Å². The van der Waals surface area contributed by atoms with Crippen LogP contribution in [0.1, 0.15) is 36.0 Å². The Morgan fingerprint density at radius 3 is 2.21 bits per heavy atom. The van der Waals surface area contributed by atoms with Gasteiger partial charge in [0.05, 0.1) is 10.1 Å². The summed E-state index contributed by atoms with van der Waals surface area (Å²) in [5.41, 5.74) is 0.442. The summed E-state index contributed by atoms with van der Waals surface area (Å²) >= 11 is 0. The first kappa shape index (κ1) is 22.2. The molecule has 162 valence electrons. The largest absolute Gasteiger partial charge is 0.352 e. The van der Waals surface area contributed by atoms with E-state index in [1.54, 1.807) is 0 Å². The van der Waals surface area contributed by atoms with Crippen molar-refractivity contribution in [2.24, 2.45) is 5.92 Å². The summed E-state index contributed by atoms with van der Waals surface area (Å²) in [5.74, 6) is 0.176. The zero-order valence-electron chi connectivity index (χ0n) is 16.6. The fraction of sp³-hybridized carbons (Fsp3) is 0.632. The van der Waals surface area contributed by atoms with Crippen molar-refractivity contribution in [1.82, 2.24) is 14.9 Å². The van der Waals surface area contributed by atoms with E-state index in [2.05, 4.69) is 14.9 Å². The molecule has 1 aliphatic heterocycles. The molecule has 1 aromatic carbocycles. The number of amides is 1. The van der Waals surface area contributed by atoms with E-state index < -0.39 is 19.9 Å². The highest BCUT2D eigenvalue weighted by atomic mass is 32.2. The van der Waals surface area contributed by atoms with Gasteiger partial charge >= 0.3 is 0 Å². The minimum atomic E-state index is -3.27. The molecule has 10 heteroatoms. The van der Waals surface area contributed by atoms with Crippen LogP contribution in [0.15, 0.2) is 29.2 Å². The molecule has 29 heavy (non-hydrogen) atoms. The van der Waals surface area contributed by atoms with Gasteiger partial charge in [-0.15, -0.1) is 0 Å². The lowest BCUT2D eigenvalue weighted by molar-refractivity contribution is 0.0936. The Balaban J connectivity index is 1.35. The lowest BCUT2D eigenvalue weighted by Crippen LogP contribution is -2.42. The van der Waals surface area contributed by atoms with Crippen LogP contribution in [0.2, 0.25) is 0 Å². The molecule has 8 nitrogen and oxygen atoms in total. The first-order valence-electron chi connectivity index (χ1n) is 9.94. The summed E-state index contributed by atoms with van der Waals surface area (Å²) in [5, 5.41) is 2.74. The Morgan fingerprint density at radius 1 is 1.03 bits per heavy atom. The van der Waals surface area contributed by atoms with Crippen LogP contribution in [0.25, 0.3) is 0 Å². The van der Waals surface area contributed by atoms with Crippen LogP contribution < -0.4 is 10.0 Å². The number of carbonyl (C=O) groups is 1. The first-order chi connectivity index (χ1) is 13.6. The minimum Gasteiger partial charge on any atom is -0.352 e. The van der Waals surface area contributed by atoms with Crippen LogP contribution in [-0.4, -0.2) is 71.9 Å². The molecule has 1 aliphatic carbocycles. The molecule has 3 rings (SSSR count). The number of likely N-dealkylation sites (tertiary alicyclic amines) is 1. The third kappa shape index (κ3) is 6.50. The second-order valence-electron chi connectivity index (χ2n) is 7.93. The predicted octanol–water partition coefficient (Wildman–Crippen LogP) is 0.614. The summed E-state index contributed by atoms with van der Waals surface area (Å²) in [4.78, 5) is 14.7. The highest BCUT2D eigenvalue weighted by molar-refractivity contribution is 7.90. The number of benzene rings is 1. The molecule has 0 atom stereocenters. The Hall–Kier alpha value is -1.49. The van der Waals surface area contributed by atoms with Gasteiger partial charge < -0.3 is 10.2 Å². The van der Waals surface area contributed by atoms with E-state index in [-0.39, 0.29) is 16.1 Å². The van der Waals surface area contributed by atoms with Gasteiger partial charge in [0, 0.05) is 31.5 Å². The summed E-state index contributed by atoms with van der Waals surface area (Å²) < 4.78 is 49.3. The van der Waals surface area contributed by atoms with Crippen LogP contribution in [0.4, 0.5) is 0 Å². The van der Waals surface area contributed by atoms with E-state index in [4.69, 9.17) is 0 Å². The average molecular weight is 444 g/mol. The number of nitrogens with one attached hydrogen (secondary N) is 2. The fourth-order valence-electron chi connectivity index (χ4n) is 3.45. The van der Waals surface area contributed by atoms with Crippen molar-refractivity contribution in [2.45, 2.75) is 35.8 Å². The van der Waals surface area contributed by atoms with Crippen LogP contribution in [-0.2, 0) is 19.9 Å². The number of hydrogen-bond donors (Lipinski definition) is 2. The lowest BCUT2D eigenvalue weighted by atomic mass is 9.96. The molecular formula is C19H29N3O5S2. The maximum atomic E-state index is 12.3. The molecule has 0 spiro atoms. The normalized spacial score (nSPS) is 19.2. The zero-order valence-corrected chi connectivity index (χ0v) is 18.3. The summed E-state index contributed by atoms with van der Waals surface area (Å²) in [6.45, 7) is 3.50. The quantitative estimate of drug-likeness (QED) is 0.578. The van der Waals surface area contributed by atoms with Crippen molar-refractivity contribution in [2.75, 3.05) is 39.0 Å². The Labute approximate surface area is 173 Å². The number of nitrogens with zero attached hydrogens (tertiary/aromatic N) is 1. The minimum absolute atomic E-state index is 0.181. The molecule has 2 aliphatic rings. The SMILES string of the molecule is CS(=O)(=O)c1ccc(C(=O)NCC2CCN(CCNS(=O)(=O)C3CC3)CC2)cc1. The number of rotatable bonds is 9. The van der Waals surface area contributed by atoms with Crippen LogP contribution in [0, 0.1) is 5.92 Å². The summed E-state index contributed by atoms with van der Waals surface area (Å²) in [6, 6.07) is 5.94. The number of hydrogen-bond acceptors (Lipinski definition) is 6. The van der Waals surface area contributed by atoms with Gasteiger partial charge in [-0.3, -0.25) is 4.79 Å². The van der Waals surface area contributed by atoms with Crippen molar-refractivity contribution in [3.63, 3.8) is 0 Å². The molecule has 1 amide bonds. The van der Waals surface area contributed by atoms with Crippen molar-refractivity contribution in [1.29, 1.82) is 0 Å². The monoisotopic (exact) mass is 443 g/mol. The Bertz CT molecular complexity index is 917. The maximum Gasteiger partial charge on any atom is 0.251 e. The summed E-state index contributed by atoms with van der Waals surface area (Å²) in [6.07, 6.45) is 4.57. The highest BCUT2D eigenvalue weighted by Crippen LogP contribution is 2.27. The third-order valence-electron chi connectivity index (χ3n) is 5.50. The molecule has 0 aromatic heterocycles. The highest BCUT2D eigenvalue weighted by Gasteiger charge is 2.35. The third-order valence-corrected chi connectivity index (χ3v) is 8.58. The van der Waals surface area contributed by atoms with E-state index in [0.717, 1.165) is 45.0 Å². The van der Waals surface area contributed by atoms with Gasteiger partial charge in [0.1, 0.15) is 0 Å². The molecule has 0 radical (unpaired) electrons. The first-order valence-corrected chi connectivity index (χ1v) is 13.4. The standard InChI is InChI=1S/C19H29N3O5S2/c1-28(24,25)17-4-2-16(3-5-17)19(23)20-14-15-8-11-22(12-9-15)13-10-21-29(26,27)18-6-7-18/h2-5,15,18,21H,6-14H2,1H3,(H,20,23). The van der Waals surface area contributed by atoms with Crippen LogP contribution in [0.5, 0.6) is 0 Å². The van der Waals surface area contributed by atoms with Gasteiger partial charge in [-0.2, -0.15) is 0 Å². The topological polar surface area (TPSA) is 113 Å². The molecule has 1 saturated heterocycles. The molecular weight excluding hydrogens is 414 g/mol. The maximum absolute atomic E-state index is 12.3. The van der Waals surface area contributed by atoms with E-state index in [9.17, 15) is 21.6 Å². The molecule has 2 fully saturated rings. The molecule has 2 N–H and O–H groups in total. The Morgan fingerprint density at radius 2 is 1.66 bits per heavy atom. The number of piperidine rings is 1. The zero-order chi connectivity index (χ0) is 21.1. The predicted molar refractivity (Wildman–Crippen MR) is 111 cm³/mol.